The van der Waals surface area contributed by atoms with Crippen molar-refractivity contribution in [2.24, 2.45) is 5.92 Å². The van der Waals surface area contributed by atoms with Gasteiger partial charge >= 0.3 is 11.9 Å². The second-order valence-corrected chi connectivity index (χ2v) is 5.33. The second-order valence-electron chi connectivity index (χ2n) is 5.33. The van der Waals surface area contributed by atoms with Gasteiger partial charge in [-0.2, -0.15) is 0 Å². The van der Waals surface area contributed by atoms with Crippen molar-refractivity contribution in [2.75, 3.05) is 0 Å². The quantitative estimate of drug-likeness (QED) is 0.495. The van der Waals surface area contributed by atoms with Crippen molar-refractivity contribution in [3.8, 4) is 0 Å². The number of hydrogen-bond acceptors (Lipinski definition) is 2. The third kappa shape index (κ3) is 13.2. The van der Waals surface area contributed by atoms with Gasteiger partial charge in [0.2, 0.25) is 0 Å². The van der Waals surface area contributed by atoms with Crippen LogP contribution in [-0.2, 0) is 9.59 Å². The molecule has 2 N–H and O–H groups in total. The van der Waals surface area contributed by atoms with Gasteiger partial charge in [-0.1, -0.05) is 58.3 Å². The molecule has 0 aliphatic rings. The summed E-state index contributed by atoms with van der Waals surface area (Å²) in [5.74, 6) is -2.01. The maximum Gasteiger partial charge on any atom is 0.303 e. The fourth-order valence-corrected chi connectivity index (χ4v) is 2.34. The summed E-state index contributed by atoms with van der Waals surface area (Å²) in [5.41, 5.74) is 0. The number of carbonyl (C=O) groups is 2. The molecule has 0 spiro atoms. The fraction of sp³-hybridized carbons (Fsp3) is 0.867. The lowest BCUT2D eigenvalue weighted by Gasteiger charge is -2.11. The molecule has 0 saturated heterocycles. The number of carboxylic acid groups (broad SMARTS) is 2. The van der Waals surface area contributed by atoms with Crippen molar-refractivity contribution >= 4 is 11.9 Å². The molecule has 0 aromatic rings. The van der Waals surface area contributed by atoms with E-state index in [-0.39, 0.29) is 18.8 Å². The van der Waals surface area contributed by atoms with Gasteiger partial charge in [0.1, 0.15) is 0 Å². The van der Waals surface area contributed by atoms with E-state index in [0.717, 1.165) is 12.8 Å². The third-order valence-electron chi connectivity index (χ3n) is 3.39. The summed E-state index contributed by atoms with van der Waals surface area (Å²) in [6, 6.07) is 0. The lowest BCUT2D eigenvalue weighted by Crippen LogP contribution is -2.12. The molecule has 0 aliphatic carbocycles. The molecule has 19 heavy (non-hydrogen) atoms. The molecule has 4 heteroatoms. The minimum absolute atomic E-state index is 0.0250. The molecule has 0 heterocycles. The van der Waals surface area contributed by atoms with Crippen LogP contribution in [0, 0.1) is 5.92 Å². The van der Waals surface area contributed by atoms with E-state index < -0.39 is 11.9 Å². The third-order valence-corrected chi connectivity index (χ3v) is 3.39. The minimum atomic E-state index is -0.897. The van der Waals surface area contributed by atoms with Gasteiger partial charge in [0, 0.05) is 12.8 Å². The Morgan fingerprint density at radius 1 is 0.789 bits per heavy atom. The number of unbranched alkanes of at least 4 members (excludes halogenated alkanes) is 7. The predicted molar refractivity (Wildman–Crippen MR) is 75.2 cm³/mol. The van der Waals surface area contributed by atoms with Crippen molar-refractivity contribution in [2.45, 2.75) is 77.6 Å². The molecule has 0 atom stereocenters. The summed E-state index contributed by atoms with van der Waals surface area (Å²) in [7, 11) is 0. The number of carboxylic acids is 2. The summed E-state index contributed by atoms with van der Waals surface area (Å²) in [4.78, 5) is 21.3. The Morgan fingerprint density at radius 3 is 1.63 bits per heavy atom. The van der Waals surface area contributed by atoms with E-state index in [1.807, 2.05) is 0 Å². The highest BCUT2D eigenvalue weighted by Gasteiger charge is 2.16. The zero-order valence-electron chi connectivity index (χ0n) is 12.1. The summed E-state index contributed by atoms with van der Waals surface area (Å²) in [5, 5.41) is 17.5. The maximum absolute atomic E-state index is 10.6. The van der Waals surface area contributed by atoms with Crippen molar-refractivity contribution in [1.82, 2.24) is 0 Å². The molecule has 112 valence electrons. The monoisotopic (exact) mass is 272 g/mol. The highest BCUT2D eigenvalue weighted by molar-refractivity contribution is 5.70. The number of hydrogen-bond donors (Lipinski definition) is 2. The molecular formula is C15H28O4. The van der Waals surface area contributed by atoms with Crippen LogP contribution in [0.15, 0.2) is 0 Å². The van der Waals surface area contributed by atoms with E-state index in [9.17, 15) is 9.59 Å². The van der Waals surface area contributed by atoms with Gasteiger partial charge in [0.25, 0.3) is 0 Å². The van der Waals surface area contributed by atoms with E-state index in [1.54, 1.807) is 0 Å². The van der Waals surface area contributed by atoms with Crippen LogP contribution in [0.25, 0.3) is 0 Å². The topological polar surface area (TPSA) is 74.6 Å². The van der Waals surface area contributed by atoms with E-state index in [1.165, 1.54) is 38.5 Å². The predicted octanol–water partition coefficient (Wildman–Crippen LogP) is 4.08. The molecule has 0 fully saturated rings. The van der Waals surface area contributed by atoms with E-state index in [0.29, 0.717) is 6.42 Å². The van der Waals surface area contributed by atoms with Gasteiger partial charge in [0.15, 0.2) is 0 Å². The normalized spacial score (nSPS) is 10.8. The van der Waals surface area contributed by atoms with Crippen LogP contribution < -0.4 is 0 Å². The van der Waals surface area contributed by atoms with Crippen molar-refractivity contribution in [3.05, 3.63) is 0 Å². The molecule has 0 aromatic heterocycles. The first-order chi connectivity index (χ1) is 9.06. The molecule has 4 nitrogen and oxygen atoms in total. The van der Waals surface area contributed by atoms with Crippen LogP contribution in [0.1, 0.15) is 77.6 Å². The van der Waals surface area contributed by atoms with Gasteiger partial charge in [-0.3, -0.25) is 9.59 Å². The summed E-state index contributed by atoms with van der Waals surface area (Å²) in [6.45, 7) is 2.20. The fourth-order valence-electron chi connectivity index (χ4n) is 2.34. The lowest BCUT2D eigenvalue weighted by atomic mass is 9.94. The molecule has 0 radical (unpaired) electrons. The van der Waals surface area contributed by atoms with Gasteiger partial charge in [-0.15, -0.1) is 0 Å². The average molecular weight is 272 g/mol. The maximum atomic E-state index is 10.6. The summed E-state index contributed by atoms with van der Waals surface area (Å²) >= 11 is 0. The first-order valence-corrected chi connectivity index (χ1v) is 7.49. The van der Waals surface area contributed by atoms with Crippen molar-refractivity contribution in [3.63, 3.8) is 0 Å². The lowest BCUT2D eigenvalue weighted by molar-refractivity contribution is -0.140. The first-order valence-electron chi connectivity index (χ1n) is 7.49. The Morgan fingerprint density at radius 2 is 1.21 bits per heavy atom. The van der Waals surface area contributed by atoms with Crippen LogP contribution >= 0.6 is 0 Å². The Bertz CT molecular complexity index is 235. The van der Waals surface area contributed by atoms with Crippen molar-refractivity contribution in [1.29, 1.82) is 0 Å². The Kier molecular flexibility index (Phi) is 11.3. The van der Waals surface area contributed by atoms with Crippen LogP contribution in [0.5, 0.6) is 0 Å². The summed E-state index contributed by atoms with van der Waals surface area (Å²) < 4.78 is 0. The van der Waals surface area contributed by atoms with E-state index in [2.05, 4.69) is 6.92 Å². The SMILES string of the molecule is CCCCCCCCCCC(CC(=O)O)CC(=O)O. The van der Waals surface area contributed by atoms with Crippen LogP contribution in [0.3, 0.4) is 0 Å². The Hall–Kier alpha value is -1.06. The van der Waals surface area contributed by atoms with Gasteiger partial charge < -0.3 is 10.2 Å². The molecule has 0 unspecified atom stereocenters. The zero-order chi connectivity index (χ0) is 14.5. The highest BCUT2D eigenvalue weighted by Crippen LogP contribution is 2.19. The van der Waals surface area contributed by atoms with Gasteiger partial charge in [-0.25, -0.2) is 0 Å². The van der Waals surface area contributed by atoms with Crippen LogP contribution in [0.4, 0.5) is 0 Å². The molecule has 0 aliphatic heterocycles. The molecule has 0 saturated carbocycles. The zero-order valence-corrected chi connectivity index (χ0v) is 12.1. The number of aliphatic carboxylic acids is 2. The van der Waals surface area contributed by atoms with Gasteiger partial charge in [0.05, 0.1) is 0 Å². The Labute approximate surface area is 116 Å². The first kappa shape index (κ1) is 17.9. The molecular weight excluding hydrogens is 244 g/mol. The molecule has 0 amide bonds. The largest absolute Gasteiger partial charge is 0.481 e. The van der Waals surface area contributed by atoms with Crippen LogP contribution in [0.2, 0.25) is 0 Å². The van der Waals surface area contributed by atoms with E-state index in [4.69, 9.17) is 10.2 Å². The van der Waals surface area contributed by atoms with Crippen molar-refractivity contribution < 1.29 is 19.8 Å². The van der Waals surface area contributed by atoms with E-state index >= 15 is 0 Å². The molecule has 0 bridgehead atoms. The van der Waals surface area contributed by atoms with Crippen LogP contribution in [-0.4, -0.2) is 22.2 Å². The highest BCUT2D eigenvalue weighted by atomic mass is 16.4. The van der Waals surface area contributed by atoms with Gasteiger partial charge in [-0.05, 0) is 12.3 Å². The average Bonchev–Trinajstić information content (AvgIpc) is 2.30. The number of rotatable bonds is 13. The standard InChI is InChI=1S/C15H28O4/c1-2-3-4-5-6-7-8-9-10-13(11-14(16)17)12-15(18)19/h13H,2-12H2,1H3,(H,16,17)(H,18,19). The minimum Gasteiger partial charge on any atom is -0.481 e. The Balaban J connectivity index is 3.57. The molecule has 0 rings (SSSR count). The smallest absolute Gasteiger partial charge is 0.303 e. The molecule has 0 aromatic carbocycles. The second kappa shape index (κ2) is 12.0. The summed E-state index contributed by atoms with van der Waals surface area (Å²) in [6.07, 6.45) is 10.3.